The lowest BCUT2D eigenvalue weighted by atomic mass is 10.1. The van der Waals surface area contributed by atoms with E-state index in [1.54, 1.807) is 0 Å². The van der Waals surface area contributed by atoms with Gasteiger partial charge < -0.3 is 10.6 Å². The van der Waals surface area contributed by atoms with Crippen molar-refractivity contribution in [3.63, 3.8) is 0 Å². The lowest BCUT2D eigenvalue weighted by Gasteiger charge is -2.24. The van der Waals surface area contributed by atoms with Gasteiger partial charge in [-0.3, -0.25) is 0 Å². The van der Waals surface area contributed by atoms with Gasteiger partial charge in [0.05, 0.1) is 0 Å². The maximum atomic E-state index is 5.82. The molecular weight excluding hydrogens is 208 g/mol. The van der Waals surface area contributed by atoms with Gasteiger partial charge in [-0.25, -0.2) is 0 Å². The van der Waals surface area contributed by atoms with Crippen LogP contribution < -0.4 is 10.6 Å². The minimum atomic E-state index is 0.620. The summed E-state index contributed by atoms with van der Waals surface area (Å²) >= 11 is 5.82. The molecule has 2 rings (SSSR count). The van der Waals surface area contributed by atoms with Crippen LogP contribution in [-0.2, 0) is 0 Å². The molecule has 0 spiro atoms. The zero-order valence-electron chi connectivity index (χ0n) is 8.80. The van der Waals surface area contributed by atoms with Gasteiger partial charge in [-0.05, 0) is 43.7 Å². The van der Waals surface area contributed by atoms with Gasteiger partial charge in [0.2, 0.25) is 0 Å². The Hall–Kier alpha value is -0.730. The SMILES string of the molecule is Clc1ccc(NCC2CCCCN2)cc1. The summed E-state index contributed by atoms with van der Waals surface area (Å²) in [6, 6.07) is 8.49. The van der Waals surface area contributed by atoms with Crippen molar-refractivity contribution in [3.05, 3.63) is 29.3 Å². The molecule has 1 saturated heterocycles. The van der Waals surface area contributed by atoms with Crippen LogP contribution in [0.3, 0.4) is 0 Å². The van der Waals surface area contributed by atoms with Gasteiger partial charge in [0, 0.05) is 23.3 Å². The molecule has 0 radical (unpaired) electrons. The molecule has 2 nitrogen and oxygen atoms in total. The first-order valence-electron chi connectivity index (χ1n) is 5.57. The first kappa shape index (κ1) is 10.8. The second-order valence-corrected chi connectivity index (χ2v) is 4.47. The van der Waals surface area contributed by atoms with E-state index in [0.717, 1.165) is 23.8 Å². The Morgan fingerprint density at radius 1 is 1.27 bits per heavy atom. The highest BCUT2D eigenvalue weighted by Crippen LogP contribution is 2.14. The summed E-state index contributed by atoms with van der Waals surface area (Å²) in [6.07, 6.45) is 3.94. The molecule has 1 atom stereocenters. The van der Waals surface area contributed by atoms with Crippen molar-refractivity contribution in [2.75, 3.05) is 18.4 Å². The molecule has 1 fully saturated rings. The van der Waals surface area contributed by atoms with E-state index in [-0.39, 0.29) is 0 Å². The van der Waals surface area contributed by atoms with Crippen molar-refractivity contribution in [2.24, 2.45) is 0 Å². The van der Waals surface area contributed by atoms with Crippen LogP contribution >= 0.6 is 11.6 Å². The monoisotopic (exact) mass is 224 g/mol. The van der Waals surface area contributed by atoms with Gasteiger partial charge in [0.15, 0.2) is 0 Å². The quantitative estimate of drug-likeness (QED) is 0.825. The fraction of sp³-hybridized carbons (Fsp3) is 0.500. The summed E-state index contributed by atoms with van der Waals surface area (Å²) in [7, 11) is 0. The highest BCUT2D eigenvalue weighted by Gasteiger charge is 2.11. The predicted molar refractivity (Wildman–Crippen MR) is 65.6 cm³/mol. The van der Waals surface area contributed by atoms with E-state index in [1.807, 2.05) is 24.3 Å². The van der Waals surface area contributed by atoms with Crippen LogP contribution in [0.25, 0.3) is 0 Å². The fourth-order valence-electron chi connectivity index (χ4n) is 1.91. The normalized spacial score (nSPS) is 21.3. The molecule has 0 bridgehead atoms. The molecule has 3 heteroatoms. The standard InChI is InChI=1S/C12H17ClN2/c13-10-4-6-11(7-5-10)15-9-12-3-1-2-8-14-12/h4-7,12,14-15H,1-3,8-9H2. The van der Waals surface area contributed by atoms with Crippen LogP contribution in [0.15, 0.2) is 24.3 Å². The lowest BCUT2D eigenvalue weighted by Crippen LogP contribution is -2.39. The molecule has 0 aliphatic carbocycles. The summed E-state index contributed by atoms with van der Waals surface area (Å²) in [5, 5.41) is 7.72. The molecule has 2 N–H and O–H groups in total. The van der Waals surface area contributed by atoms with Crippen molar-refractivity contribution in [1.82, 2.24) is 5.32 Å². The maximum Gasteiger partial charge on any atom is 0.0407 e. The molecule has 0 aromatic heterocycles. The third-order valence-electron chi connectivity index (χ3n) is 2.81. The molecule has 1 heterocycles. The summed E-state index contributed by atoms with van der Waals surface area (Å²) in [6.45, 7) is 2.16. The molecule has 1 aliphatic rings. The average molecular weight is 225 g/mol. The third-order valence-corrected chi connectivity index (χ3v) is 3.06. The van der Waals surface area contributed by atoms with Crippen molar-refractivity contribution >= 4 is 17.3 Å². The van der Waals surface area contributed by atoms with Gasteiger partial charge >= 0.3 is 0 Å². The van der Waals surface area contributed by atoms with Gasteiger partial charge in [-0.1, -0.05) is 18.0 Å². The first-order chi connectivity index (χ1) is 7.34. The van der Waals surface area contributed by atoms with Crippen LogP contribution in [0.1, 0.15) is 19.3 Å². The van der Waals surface area contributed by atoms with E-state index in [0.29, 0.717) is 6.04 Å². The topological polar surface area (TPSA) is 24.1 Å². The van der Waals surface area contributed by atoms with Crippen LogP contribution in [0.5, 0.6) is 0 Å². The molecule has 82 valence electrons. The molecular formula is C12H17ClN2. The van der Waals surface area contributed by atoms with E-state index in [2.05, 4.69) is 10.6 Å². The second kappa shape index (κ2) is 5.38. The fourth-order valence-corrected chi connectivity index (χ4v) is 2.03. The minimum Gasteiger partial charge on any atom is -0.383 e. The van der Waals surface area contributed by atoms with E-state index in [1.165, 1.54) is 19.3 Å². The van der Waals surface area contributed by atoms with Gasteiger partial charge in [-0.15, -0.1) is 0 Å². The number of nitrogens with one attached hydrogen (secondary N) is 2. The molecule has 15 heavy (non-hydrogen) atoms. The maximum absolute atomic E-state index is 5.82. The number of rotatable bonds is 3. The van der Waals surface area contributed by atoms with E-state index in [4.69, 9.17) is 11.6 Å². The molecule has 1 aliphatic heterocycles. The van der Waals surface area contributed by atoms with Crippen LogP contribution in [0.2, 0.25) is 5.02 Å². The number of hydrogen-bond acceptors (Lipinski definition) is 2. The van der Waals surface area contributed by atoms with Crippen molar-refractivity contribution in [1.29, 1.82) is 0 Å². The van der Waals surface area contributed by atoms with E-state index >= 15 is 0 Å². The number of anilines is 1. The predicted octanol–water partition coefficient (Wildman–Crippen LogP) is 2.89. The summed E-state index contributed by atoms with van der Waals surface area (Å²) in [4.78, 5) is 0. The number of halogens is 1. The Balaban J connectivity index is 1.79. The zero-order chi connectivity index (χ0) is 10.5. The molecule has 1 aromatic carbocycles. The van der Waals surface area contributed by atoms with Crippen molar-refractivity contribution in [2.45, 2.75) is 25.3 Å². The smallest absolute Gasteiger partial charge is 0.0407 e. The summed E-state index contributed by atoms with van der Waals surface area (Å²) in [5.41, 5.74) is 1.15. The largest absolute Gasteiger partial charge is 0.383 e. The molecule has 0 amide bonds. The second-order valence-electron chi connectivity index (χ2n) is 4.03. The number of piperidine rings is 1. The lowest BCUT2D eigenvalue weighted by molar-refractivity contribution is 0.414. The Morgan fingerprint density at radius 3 is 2.73 bits per heavy atom. The van der Waals surface area contributed by atoms with Crippen LogP contribution in [-0.4, -0.2) is 19.1 Å². The molecule has 1 unspecified atom stereocenters. The highest BCUT2D eigenvalue weighted by atomic mass is 35.5. The third kappa shape index (κ3) is 3.40. The number of hydrogen-bond donors (Lipinski definition) is 2. The summed E-state index contributed by atoms with van der Waals surface area (Å²) < 4.78 is 0. The minimum absolute atomic E-state index is 0.620. The van der Waals surface area contributed by atoms with Gasteiger partial charge in [-0.2, -0.15) is 0 Å². The highest BCUT2D eigenvalue weighted by molar-refractivity contribution is 6.30. The number of benzene rings is 1. The van der Waals surface area contributed by atoms with Crippen molar-refractivity contribution < 1.29 is 0 Å². The molecule has 1 aromatic rings. The summed E-state index contributed by atoms with van der Waals surface area (Å²) in [5.74, 6) is 0. The van der Waals surface area contributed by atoms with Crippen LogP contribution in [0, 0.1) is 0 Å². The Morgan fingerprint density at radius 2 is 2.07 bits per heavy atom. The van der Waals surface area contributed by atoms with E-state index < -0.39 is 0 Å². The Labute approximate surface area is 96.0 Å². The average Bonchev–Trinajstić information content (AvgIpc) is 2.30. The zero-order valence-corrected chi connectivity index (χ0v) is 9.56. The van der Waals surface area contributed by atoms with Gasteiger partial charge in [0.1, 0.15) is 0 Å². The van der Waals surface area contributed by atoms with E-state index in [9.17, 15) is 0 Å². The van der Waals surface area contributed by atoms with Crippen molar-refractivity contribution in [3.8, 4) is 0 Å². The Kier molecular flexibility index (Phi) is 3.87. The Bertz CT molecular complexity index is 291. The van der Waals surface area contributed by atoms with Crippen LogP contribution in [0.4, 0.5) is 5.69 Å². The first-order valence-corrected chi connectivity index (χ1v) is 5.95. The van der Waals surface area contributed by atoms with Gasteiger partial charge in [0.25, 0.3) is 0 Å². The molecule has 0 saturated carbocycles.